The molecule has 0 aliphatic carbocycles. The number of halogens is 1. The predicted octanol–water partition coefficient (Wildman–Crippen LogP) is 3.22. The van der Waals surface area contributed by atoms with Crippen molar-refractivity contribution in [2.75, 3.05) is 6.54 Å². The second kappa shape index (κ2) is 6.96. The molecular formula is C15H18FN3O. The zero-order valence-corrected chi connectivity index (χ0v) is 11.7. The van der Waals surface area contributed by atoms with Gasteiger partial charge in [-0.15, -0.1) is 0 Å². The second-order valence-electron chi connectivity index (χ2n) is 4.56. The van der Waals surface area contributed by atoms with Gasteiger partial charge in [0.15, 0.2) is 11.6 Å². The van der Waals surface area contributed by atoms with Crippen LogP contribution in [-0.4, -0.2) is 16.5 Å². The van der Waals surface area contributed by atoms with Gasteiger partial charge in [0, 0.05) is 12.7 Å². The fourth-order valence-electron chi connectivity index (χ4n) is 1.72. The minimum atomic E-state index is -0.410. The van der Waals surface area contributed by atoms with Crippen LogP contribution in [0.4, 0.5) is 4.39 Å². The van der Waals surface area contributed by atoms with E-state index in [-0.39, 0.29) is 5.75 Å². The van der Waals surface area contributed by atoms with Gasteiger partial charge in [-0.1, -0.05) is 13.0 Å². The Bertz CT molecular complexity index is 575. The quantitative estimate of drug-likeness (QED) is 0.822. The van der Waals surface area contributed by atoms with Crippen LogP contribution in [0.2, 0.25) is 0 Å². The fourth-order valence-corrected chi connectivity index (χ4v) is 1.72. The highest BCUT2D eigenvalue weighted by Gasteiger charge is 2.07. The SMILES string of the molecule is CCCNCc1cncc(Oc2cc(C)ccc2F)n1. The molecule has 1 aromatic heterocycles. The van der Waals surface area contributed by atoms with Crippen LogP contribution in [-0.2, 0) is 6.54 Å². The van der Waals surface area contributed by atoms with Crippen molar-refractivity contribution in [3.05, 3.63) is 47.7 Å². The number of hydrogen-bond acceptors (Lipinski definition) is 4. The van der Waals surface area contributed by atoms with Gasteiger partial charge in [0.2, 0.25) is 5.88 Å². The zero-order valence-electron chi connectivity index (χ0n) is 11.7. The molecule has 0 saturated carbocycles. The first-order valence-electron chi connectivity index (χ1n) is 6.64. The Balaban J connectivity index is 2.09. The summed E-state index contributed by atoms with van der Waals surface area (Å²) in [7, 11) is 0. The molecule has 0 fully saturated rings. The number of aryl methyl sites for hydroxylation is 1. The summed E-state index contributed by atoms with van der Waals surface area (Å²) in [5.41, 5.74) is 1.69. The maximum absolute atomic E-state index is 13.6. The average molecular weight is 275 g/mol. The summed E-state index contributed by atoms with van der Waals surface area (Å²) in [6, 6.07) is 4.71. The zero-order chi connectivity index (χ0) is 14.4. The molecule has 4 nitrogen and oxygen atoms in total. The lowest BCUT2D eigenvalue weighted by molar-refractivity contribution is 0.422. The van der Waals surface area contributed by atoms with Crippen molar-refractivity contribution >= 4 is 0 Å². The molecule has 0 saturated heterocycles. The number of aromatic nitrogens is 2. The monoisotopic (exact) mass is 275 g/mol. The maximum Gasteiger partial charge on any atom is 0.238 e. The van der Waals surface area contributed by atoms with Crippen LogP contribution in [0.25, 0.3) is 0 Å². The maximum atomic E-state index is 13.6. The largest absolute Gasteiger partial charge is 0.434 e. The van der Waals surface area contributed by atoms with E-state index in [0.717, 1.165) is 24.2 Å². The molecule has 1 heterocycles. The van der Waals surface area contributed by atoms with Gasteiger partial charge in [0.25, 0.3) is 0 Å². The Morgan fingerprint density at radius 1 is 1.30 bits per heavy atom. The first-order valence-corrected chi connectivity index (χ1v) is 6.64. The van der Waals surface area contributed by atoms with E-state index in [4.69, 9.17) is 4.74 Å². The molecule has 1 N–H and O–H groups in total. The fraction of sp³-hybridized carbons (Fsp3) is 0.333. The van der Waals surface area contributed by atoms with Gasteiger partial charge in [-0.3, -0.25) is 4.98 Å². The molecule has 1 aromatic carbocycles. The summed E-state index contributed by atoms with van der Waals surface area (Å²) in [5, 5.41) is 3.23. The molecule has 0 amide bonds. The van der Waals surface area contributed by atoms with Crippen LogP contribution < -0.4 is 10.1 Å². The molecule has 2 aromatic rings. The molecule has 20 heavy (non-hydrogen) atoms. The third-order valence-electron chi connectivity index (χ3n) is 2.70. The lowest BCUT2D eigenvalue weighted by atomic mass is 10.2. The van der Waals surface area contributed by atoms with Crippen LogP contribution in [0.1, 0.15) is 24.6 Å². The van der Waals surface area contributed by atoms with Gasteiger partial charge < -0.3 is 10.1 Å². The van der Waals surface area contributed by atoms with E-state index in [2.05, 4.69) is 22.2 Å². The summed E-state index contributed by atoms with van der Waals surface area (Å²) in [6.45, 7) is 5.51. The molecule has 0 aliphatic rings. The highest BCUT2D eigenvalue weighted by Crippen LogP contribution is 2.23. The first-order chi connectivity index (χ1) is 9.69. The number of hydrogen-bond donors (Lipinski definition) is 1. The average Bonchev–Trinajstić information content (AvgIpc) is 2.44. The standard InChI is InChI=1S/C15H18FN3O/c1-3-6-17-8-12-9-18-10-15(19-12)20-14-7-11(2)4-5-13(14)16/h4-5,7,9-10,17H,3,6,8H2,1-2H3. The highest BCUT2D eigenvalue weighted by molar-refractivity contribution is 5.32. The number of nitrogens with zero attached hydrogens (tertiary/aromatic N) is 2. The molecule has 0 bridgehead atoms. The smallest absolute Gasteiger partial charge is 0.238 e. The summed E-state index contributed by atoms with van der Waals surface area (Å²) in [5.74, 6) is 0.0511. The van der Waals surface area contributed by atoms with Crippen molar-refractivity contribution in [1.82, 2.24) is 15.3 Å². The van der Waals surface area contributed by atoms with Gasteiger partial charge in [-0.25, -0.2) is 9.37 Å². The lowest BCUT2D eigenvalue weighted by Crippen LogP contribution is -2.15. The molecule has 0 spiro atoms. The molecule has 0 unspecified atom stereocenters. The topological polar surface area (TPSA) is 47.0 Å². The molecule has 2 rings (SSSR count). The highest BCUT2D eigenvalue weighted by atomic mass is 19.1. The minimum Gasteiger partial charge on any atom is -0.434 e. The van der Waals surface area contributed by atoms with Crippen LogP contribution in [0.3, 0.4) is 0 Å². The number of rotatable bonds is 6. The third kappa shape index (κ3) is 3.99. The Morgan fingerprint density at radius 3 is 2.95 bits per heavy atom. The Kier molecular flexibility index (Phi) is 5.01. The van der Waals surface area contributed by atoms with Crippen molar-refractivity contribution < 1.29 is 9.13 Å². The molecule has 0 aliphatic heterocycles. The molecular weight excluding hydrogens is 257 g/mol. The minimum absolute atomic E-state index is 0.165. The van der Waals surface area contributed by atoms with Gasteiger partial charge in [-0.2, -0.15) is 0 Å². The molecule has 106 valence electrons. The molecule has 0 atom stereocenters. The predicted molar refractivity (Wildman–Crippen MR) is 75.2 cm³/mol. The van der Waals surface area contributed by atoms with E-state index in [1.165, 1.54) is 12.3 Å². The molecule has 0 radical (unpaired) electrons. The van der Waals surface area contributed by atoms with E-state index < -0.39 is 5.82 Å². The summed E-state index contributed by atoms with van der Waals surface area (Å²) in [4.78, 5) is 8.36. The van der Waals surface area contributed by atoms with Crippen molar-refractivity contribution in [2.45, 2.75) is 26.8 Å². The summed E-state index contributed by atoms with van der Waals surface area (Å²) in [6.07, 6.45) is 4.20. The van der Waals surface area contributed by atoms with Crippen molar-refractivity contribution in [1.29, 1.82) is 0 Å². The number of nitrogens with one attached hydrogen (secondary N) is 1. The summed E-state index contributed by atoms with van der Waals surface area (Å²) >= 11 is 0. The lowest BCUT2D eigenvalue weighted by Gasteiger charge is -2.08. The van der Waals surface area contributed by atoms with Crippen LogP contribution in [0, 0.1) is 12.7 Å². The Labute approximate surface area is 118 Å². The van der Waals surface area contributed by atoms with E-state index >= 15 is 0 Å². The normalized spacial score (nSPS) is 10.6. The van der Waals surface area contributed by atoms with Crippen molar-refractivity contribution in [3.8, 4) is 11.6 Å². The van der Waals surface area contributed by atoms with Crippen molar-refractivity contribution in [2.24, 2.45) is 0 Å². The van der Waals surface area contributed by atoms with Crippen LogP contribution in [0.15, 0.2) is 30.6 Å². The van der Waals surface area contributed by atoms with E-state index in [1.54, 1.807) is 18.3 Å². The second-order valence-corrected chi connectivity index (χ2v) is 4.56. The Hall–Kier alpha value is -2.01. The van der Waals surface area contributed by atoms with Crippen molar-refractivity contribution in [3.63, 3.8) is 0 Å². The Morgan fingerprint density at radius 2 is 2.15 bits per heavy atom. The van der Waals surface area contributed by atoms with E-state index in [9.17, 15) is 4.39 Å². The van der Waals surface area contributed by atoms with Gasteiger partial charge in [0.05, 0.1) is 11.9 Å². The third-order valence-corrected chi connectivity index (χ3v) is 2.70. The molecule has 5 heteroatoms. The van der Waals surface area contributed by atoms with E-state index in [1.807, 2.05) is 6.92 Å². The summed E-state index contributed by atoms with van der Waals surface area (Å²) < 4.78 is 19.1. The number of benzene rings is 1. The van der Waals surface area contributed by atoms with Gasteiger partial charge >= 0.3 is 0 Å². The van der Waals surface area contributed by atoms with Crippen LogP contribution in [0.5, 0.6) is 11.6 Å². The first kappa shape index (κ1) is 14.4. The van der Waals surface area contributed by atoms with Gasteiger partial charge in [-0.05, 0) is 37.6 Å². The van der Waals surface area contributed by atoms with E-state index in [0.29, 0.717) is 12.4 Å². The number of ether oxygens (including phenoxy) is 1. The van der Waals surface area contributed by atoms with Gasteiger partial charge in [0.1, 0.15) is 0 Å². The van der Waals surface area contributed by atoms with Crippen LogP contribution >= 0.6 is 0 Å².